The van der Waals surface area contributed by atoms with Gasteiger partial charge >= 0.3 is 0 Å². The molecule has 4 heteroatoms. The van der Waals surface area contributed by atoms with Crippen molar-refractivity contribution in [3.63, 3.8) is 0 Å². The summed E-state index contributed by atoms with van der Waals surface area (Å²) in [6.07, 6.45) is 1.12. The summed E-state index contributed by atoms with van der Waals surface area (Å²) in [6, 6.07) is -0.928. The van der Waals surface area contributed by atoms with Gasteiger partial charge in [-0.05, 0) is 6.42 Å². The van der Waals surface area contributed by atoms with Gasteiger partial charge in [-0.25, -0.2) is 0 Å². The molecule has 1 saturated heterocycles. The predicted molar refractivity (Wildman–Crippen MR) is 35.2 cm³/mol. The molecular weight excluding hydrogens is 132 g/mol. The summed E-state index contributed by atoms with van der Waals surface area (Å²) < 4.78 is 0. The Bertz CT molecular complexity index is 149. The van der Waals surface area contributed by atoms with E-state index in [0.717, 1.165) is 0 Å². The highest BCUT2D eigenvalue weighted by Crippen LogP contribution is 1.98. The summed E-state index contributed by atoms with van der Waals surface area (Å²) in [5.74, 6) is -0.502. The van der Waals surface area contributed by atoms with Crippen LogP contribution in [0.25, 0.3) is 0 Å². The monoisotopic (exact) mass is 142 g/mol. The Kier molecular flexibility index (Phi) is 2.01. The molecule has 1 fully saturated rings. The van der Waals surface area contributed by atoms with Crippen molar-refractivity contribution in [1.82, 2.24) is 5.32 Å². The quantitative estimate of drug-likeness (QED) is 0.417. The number of ketones is 1. The second-order valence-corrected chi connectivity index (χ2v) is 2.34. The van der Waals surface area contributed by atoms with Crippen LogP contribution in [0.4, 0.5) is 0 Å². The van der Waals surface area contributed by atoms with Crippen molar-refractivity contribution in [2.24, 2.45) is 5.73 Å². The zero-order valence-corrected chi connectivity index (χ0v) is 5.59. The van der Waals surface area contributed by atoms with Gasteiger partial charge in [0.2, 0.25) is 5.91 Å². The highest BCUT2D eigenvalue weighted by molar-refractivity contribution is 6.05. The van der Waals surface area contributed by atoms with Crippen LogP contribution in [0.2, 0.25) is 0 Å². The molecule has 1 aliphatic heterocycles. The van der Waals surface area contributed by atoms with Gasteiger partial charge in [0.05, 0.1) is 0 Å². The fourth-order valence-corrected chi connectivity index (χ4v) is 0.886. The molecule has 1 aliphatic rings. The fraction of sp³-hybridized carbons (Fsp3) is 0.667. The Morgan fingerprint density at radius 1 is 1.50 bits per heavy atom. The maximum absolute atomic E-state index is 10.8. The van der Waals surface area contributed by atoms with E-state index in [4.69, 9.17) is 5.73 Å². The van der Waals surface area contributed by atoms with Crippen molar-refractivity contribution in [3.8, 4) is 0 Å². The number of nitrogens with one attached hydrogen (secondary N) is 1. The number of Topliss-reactive ketones (excluding diaryl/α,β-unsaturated/α-hetero) is 1. The Morgan fingerprint density at radius 2 is 2.20 bits per heavy atom. The Labute approximate surface area is 58.8 Å². The lowest BCUT2D eigenvalue weighted by Gasteiger charge is -2.03. The minimum absolute atomic E-state index is 0.157. The number of hydrogen-bond donors (Lipinski definition) is 2. The first-order valence-electron chi connectivity index (χ1n) is 3.28. The van der Waals surface area contributed by atoms with E-state index in [0.29, 0.717) is 19.4 Å². The Morgan fingerprint density at radius 3 is 2.90 bits per heavy atom. The lowest BCUT2D eigenvalue weighted by molar-refractivity contribution is -0.129. The third-order valence-electron chi connectivity index (χ3n) is 1.53. The van der Waals surface area contributed by atoms with Gasteiger partial charge < -0.3 is 11.1 Å². The van der Waals surface area contributed by atoms with E-state index < -0.39 is 6.04 Å². The second-order valence-electron chi connectivity index (χ2n) is 2.34. The summed E-state index contributed by atoms with van der Waals surface area (Å²) in [5.41, 5.74) is 5.26. The molecule has 0 aromatic heterocycles. The standard InChI is InChI=1S/C6H10N2O2/c7-5-4(9)2-1-3-8-6(5)10/h5H,1-3,7H2,(H,8,10). The van der Waals surface area contributed by atoms with Gasteiger partial charge in [-0.2, -0.15) is 0 Å². The van der Waals surface area contributed by atoms with E-state index >= 15 is 0 Å². The topological polar surface area (TPSA) is 72.2 Å². The molecule has 0 radical (unpaired) electrons. The van der Waals surface area contributed by atoms with Gasteiger partial charge in [-0.3, -0.25) is 9.59 Å². The van der Waals surface area contributed by atoms with Gasteiger partial charge in [0, 0.05) is 13.0 Å². The van der Waals surface area contributed by atoms with Gasteiger partial charge in [0.15, 0.2) is 5.78 Å². The van der Waals surface area contributed by atoms with Crippen LogP contribution < -0.4 is 11.1 Å². The van der Waals surface area contributed by atoms with Crippen molar-refractivity contribution in [2.75, 3.05) is 6.54 Å². The largest absolute Gasteiger partial charge is 0.354 e. The van der Waals surface area contributed by atoms with Crippen LogP contribution in [-0.4, -0.2) is 24.3 Å². The van der Waals surface area contributed by atoms with E-state index in [1.54, 1.807) is 0 Å². The third-order valence-corrected chi connectivity index (χ3v) is 1.53. The van der Waals surface area contributed by atoms with E-state index in [-0.39, 0.29) is 11.7 Å². The van der Waals surface area contributed by atoms with Crippen LogP contribution in [0, 0.1) is 0 Å². The average molecular weight is 142 g/mol. The minimum atomic E-state index is -0.928. The number of nitrogens with two attached hydrogens (primary N) is 1. The summed E-state index contributed by atoms with van der Waals surface area (Å²) in [4.78, 5) is 21.6. The molecular formula is C6H10N2O2. The Hall–Kier alpha value is -0.900. The molecule has 0 aromatic carbocycles. The molecule has 1 atom stereocenters. The van der Waals surface area contributed by atoms with Crippen LogP contribution in [-0.2, 0) is 9.59 Å². The number of hydrogen-bond acceptors (Lipinski definition) is 3. The molecule has 3 N–H and O–H groups in total. The fourth-order valence-electron chi connectivity index (χ4n) is 0.886. The smallest absolute Gasteiger partial charge is 0.244 e. The van der Waals surface area contributed by atoms with Crippen molar-refractivity contribution in [1.29, 1.82) is 0 Å². The van der Waals surface area contributed by atoms with Crippen LogP contribution in [0.15, 0.2) is 0 Å². The van der Waals surface area contributed by atoms with Crippen molar-refractivity contribution in [3.05, 3.63) is 0 Å². The minimum Gasteiger partial charge on any atom is -0.354 e. The van der Waals surface area contributed by atoms with Crippen molar-refractivity contribution in [2.45, 2.75) is 18.9 Å². The zero-order chi connectivity index (χ0) is 7.56. The maximum Gasteiger partial charge on any atom is 0.244 e. The van der Waals surface area contributed by atoms with Gasteiger partial charge in [0.1, 0.15) is 6.04 Å². The molecule has 10 heavy (non-hydrogen) atoms. The summed E-state index contributed by atoms with van der Waals surface area (Å²) >= 11 is 0. The van der Waals surface area contributed by atoms with Crippen LogP contribution >= 0.6 is 0 Å². The maximum atomic E-state index is 10.8. The van der Waals surface area contributed by atoms with Gasteiger partial charge in [-0.15, -0.1) is 0 Å². The highest BCUT2D eigenvalue weighted by Gasteiger charge is 2.23. The lowest BCUT2D eigenvalue weighted by atomic mass is 10.1. The molecule has 1 unspecified atom stereocenters. The lowest BCUT2D eigenvalue weighted by Crippen LogP contribution is -2.43. The molecule has 4 nitrogen and oxygen atoms in total. The number of carbonyl (C=O) groups is 2. The number of rotatable bonds is 0. The summed E-state index contributed by atoms with van der Waals surface area (Å²) in [6.45, 7) is 0.568. The highest BCUT2D eigenvalue weighted by atomic mass is 16.2. The summed E-state index contributed by atoms with van der Waals surface area (Å²) in [7, 11) is 0. The zero-order valence-electron chi connectivity index (χ0n) is 5.59. The SMILES string of the molecule is NC1C(=O)CCCNC1=O. The first-order valence-corrected chi connectivity index (χ1v) is 3.28. The molecule has 1 heterocycles. The predicted octanol–water partition coefficient (Wildman–Crippen LogP) is -1.21. The molecule has 0 spiro atoms. The number of amides is 1. The number of carbonyl (C=O) groups excluding carboxylic acids is 2. The molecule has 0 aliphatic carbocycles. The molecule has 0 aromatic rings. The van der Waals surface area contributed by atoms with E-state index in [2.05, 4.69) is 5.32 Å². The molecule has 56 valence electrons. The van der Waals surface area contributed by atoms with Crippen molar-refractivity contribution < 1.29 is 9.59 Å². The second kappa shape index (κ2) is 2.79. The van der Waals surface area contributed by atoms with Crippen LogP contribution in [0.3, 0.4) is 0 Å². The molecule has 1 rings (SSSR count). The average Bonchev–Trinajstić information content (AvgIpc) is 2.04. The van der Waals surface area contributed by atoms with Gasteiger partial charge in [0.25, 0.3) is 0 Å². The normalized spacial score (nSPS) is 27.5. The van der Waals surface area contributed by atoms with Crippen molar-refractivity contribution >= 4 is 11.7 Å². The van der Waals surface area contributed by atoms with Crippen LogP contribution in [0.5, 0.6) is 0 Å². The first kappa shape index (κ1) is 7.21. The van der Waals surface area contributed by atoms with Crippen LogP contribution in [0.1, 0.15) is 12.8 Å². The first-order chi connectivity index (χ1) is 4.72. The van der Waals surface area contributed by atoms with E-state index in [1.807, 2.05) is 0 Å². The summed E-state index contributed by atoms with van der Waals surface area (Å²) in [5, 5.41) is 2.54. The van der Waals surface area contributed by atoms with E-state index in [1.165, 1.54) is 0 Å². The molecule has 0 saturated carbocycles. The molecule has 1 amide bonds. The van der Waals surface area contributed by atoms with E-state index in [9.17, 15) is 9.59 Å². The third kappa shape index (κ3) is 1.33. The molecule has 0 bridgehead atoms. The Balaban J connectivity index is 2.64. The van der Waals surface area contributed by atoms with Gasteiger partial charge in [-0.1, -0.05) is 0 Å².